The largest absolute Gasteiger partial charge is 1.00 e. The van der Waals surface area contributed by atoms with Crippen LogP contribution in [0.2, 0.25) is 0 Å². The Balaban J connectivity index is 0.00000144. The van der Waals surface area contributed by atoms with Gasteiger partial charge in [0.15, 0.2) is 0 Å². The van der Waals surface area contributed by atoms with Crippen molar-refractivity contribution in [3.8, 4) is 0 Å². The summed E-state index contributed by atoms with van der Waals surface area (Å²) in [6.45, 7) is 3.87. The van der Waals surface area contributed by atoms with E-state index in [4.69, 9.17) is 0 Å². The minimum atomic E-state index is 0. The molecule has 13 heavy (non-hydrogen) atoms. The maximum absolute atomic E-state index is 11.0. The molecule has 1 rings (SSSR count). The van der Waals surface area contributed by atoms with E-state index in [2.05, 4.69) is 5.28 Å². The van der Waals surface area contributed by atoms with Gasteiger partial charge in [0.2, 0.25) is 0 Å². The van der Waals surface area contributed by atoms with Crippen LogP contribution in [-0.4, -0.2) is 22.1 Å². The summed E-state index contributed by atoms with van der Waals surface area (Å²) in [7, 11) is 0. The summed E-state index contributed by atoms with van der Waals surface area (Å²) in [5.41, 5.74) is 0. The Morgan fingerprint density at radius 1 is 1.31 bits per heavy atom. The third kappa shape index (κ3) is 3.00. The monoisotopic (exact) mass is 195 g/mol. The van der Waals surface area contributed by atoms with Crippen LogP contribution in [0.15, 0.2) is 5.28 Å². The molecule has 1 fully saturated rings. The topological polar surface area (TPSA) is 64.7 Å². The van der Waals surface area contributed by atoms with E-state index in [0.717, 1.165) is 19.3 Å². The molecule has 1 aliphatic heterocycles. The van der Waals surface area contributed by atoms with Crippen molar-refractivity contribution >= 4 is 0 Å². The number of hydrogen-bond donors (Lipinski definition) is 0. The molecule has 0 amide bonds. The summed E-state index contributed by atoms with van der Waals surface area (Å²) in [4.78, 5) is 0.175. The van der Waals surface area contributed by atoms with Gasteiger partial charge < -0.3 is 10.4 Å². The van der Waals surface area contributed by atoms with Gasteiger partial charge >= 0.3 is 29.6 Å². The van der Waals surface area contributed by atoms with Gasteiger partial charge in [0.25, 0.3) is 0 Å². The first kappa shape index (κ1) is 13.0. The van der Waals surface area contributed by atoms with Gasteiger partial charge in [0, 0.05) is 4.97 Å². The molecule has 1 aliphatic rings. The van der Waals surface area contributed by atoms with E-state index in [-0.39, 0.29) is 46.6 Å². The quantitative estimate of drug-likeness (QED) is 0.224. The third-order valence-electron chi connectivity index (χ3n) is 2.41. The van der Waals surface area contributed by atoms with E-state index in [1.54, 1.807) is 0 Å². The van der Waals surface area contributed by atoms with Gasteiger partial charge in [0.05, 0.1) is 12.1 Å². The van der Waals surface area contributed by atoms with Crippen LogP contribution >= 0.6 is 0 Å². The van der Waals surface area contributed by atoms with Crippen LogP contribution < -0.4 is 29.6 Å². The Kier molecular flexibility index (Phi) is 5.67. The van der Waals surface area contributed by atoms with E-state index in [1.807, 2.05) is 13.8 Å². The second-order valence-corrected chi connectivity index (χ2v) is 3.34. The zero-order chi connectivity index (χ0) is 9.14. The summed E-state index contributed by atoms with van der Waals surface area (Å²) in [5, 5.41) is 24.8. The number of hydrazine groups is 1. The Morgan fingerprint density at radius 3 is 2.15 bits per heavy atom. The predicted molar refractivity (Wildman–Crippen MR) is 44.0 cm³/mol. The predicted octanol–water partition coefficient (Wildman–Crippen LogP) is -1.37. The van der Waals surface area contributed by atoms with Gasteiger partial charge in [-0.3, -0.25) is 0 Å². The standard InChI is InChI=1S/C7H15N3O2.Na/c1-6-4-3-5-7(2)9(6)10(12)8-11;/h6-7,11H,3-5H2,1-2H3;/q;+1/p-1/b10-8-;. The molecule has 0 bridgehead atoms. The van der Waals surface area contributed by atoms with Crippen LogP contribution in [0, 0.1) is 10.4 Å². The van der Waals surface area contributed by atoms with Crippen LogP contribution in [0.3, 0.4) is 0 Å². The second-order valence-electron chi connectivity index (χ2n) is 3.34. The molecule has 0 aliphatic carbocycles. The minimum Gasteiger partial charge on any atom is -0.737 e. The van der Waals surface area contributed by atoms with Crippen LogP contribution in [-0.2, 0) is 0 Å². The van der Waals surface area contributed by atoms with Gasteiger partial charge in [-0.2, -0.15) is 0 Å². The Morgan fingerprint density at radius 2 is 1.77 bits per heavy atom. The SMILES string of the molecule is CC1CCCC(C)N1/[N+]([O-])=N/[O-].[Na+]. The first-order valence-corrected chi connectivity index (χ1v) is 4.25. The van der Waals surface area contributed by atoms with Crippen molar-refractivity contribution in [3.05, 3.63) is 10.4 Å². The number of hydrogen-bond acceptors (Lipinski definition) is 3. The first-order valence-electron chi connectivity index (χ1n) is 4.25. The molecule has 0 N–H and O–H groups in total. The van der Waals surface area contributed by atoms with Crippen molar-refractivity contribution in [1.29, 1.82) is 0 Å². The molecule has 0 aromatic heterocycles. The zero-order valence-corrected chi connectivity index (χ0v) is 10.4. The normalized spacial score (nSPS) is 29.7. The van der Waals surface area contributed by atoms with E-state index in [9.17, 15) is 10.4 Å². The molecule has 5 nitrogen and oxygen atoms in total. The Bertz CT molecular complexity index is 179. The summed E-state index contributed by atoms with van der Waals surface area (Å²) < 4.78 is 0. The van der Waals surface area contributed by atoms with Crippen molar-refractivity contribution in [2.75, 3.05) is 0 Å². The van der Waals surface area contributed by atoms with Crippen molar-refractivity contribution < 1.29 is 34.5 Å². The van der Waals surface area contributed by atoms with Gasteiger partial charge in [0.1, 0.15) is 0 Å². The maximum atomic E-state index is 11.0. The molecule has 0 aromatic carbocycles. The smallest absolute Gasteiger partial charge is 0.737 e. The van der Waals surface area contributed by atoms with E-state index in [1.165, 1.54) is 5.01 Å². The van der Waals surface area contributed by atoms with Crippen LogP contribution in [0.5, 0.6) is 0 Å². The molecule has 0 aromatic rings. The van der Waals surface area contributed by atoms with Crippen molar-refractivity contribution in [3.63, 3.8) is 0 Å². The fourth-order valence-electron chi connectivity index (χ4n) is 1.79. The molecule has 6 heteroatoms. The number of rotatable bonds is 1. The molecule has 1 saturated heterocycles. The summed E-state index contributed by atoms with van der Waals surface area (Å²) in [5.74, 6) is 0. The summed E-state index contributed by atoms with van der Waals surface area (Å²) in [6, 6.07) is 0.257. The van der Waals surface area contributed by atoms with Crippen molar-refractivity contribution in [2.24, 2.45) is 5.28 Å². The summed E-state index contributed by atoms with van der Waals surface area (Å²) >= 11 is 0. The van der Waals surface area contributed by atoms with Gasteiger partial charge in [-0.05, 0) is 38.4 Å². The average Bonchev–Trinajstić information content (AvgIpc) is 2.03. The van der Waals surface area contributed by atoms with Crippen LogP contribution in [0.4, 0.5) is 0 Å². The fraction of sp³-hybridized carbons (Fsp3) is 1.00. The van der Waals surface area contributed by atoms with Crippen LogP contribution in [0.25, 0.3) is 0 Å². The molecule has 1 heterocycles. The molecule has 2 atom stereocenters. The van der Waals surface area contributed by atoms with Crippen LogP contribution in [0.1, 0.15) is 33.1 Å². The average molecular weight is 195 g/mol. The second kappa shape index (κ2) is 5.67. The molecule has 70 valence electrons. The molecule has 0 spiro atoms. The summed E-state index contributed by atoms with van der Waals surface area (Å²) in [6.07, 6.45) is 3.03. The third-order valence-corrected chi connectivity index (χ3v) is 2.41. The van der Waals surface area contributed by atoms with Gasteiger partial charge in [-0.1, -0.05) is 0 Å². The Hall–Kier alpha value is 0. The number of piperidine rings is 1. The van der Waals surface area contributed by atoms with Gasteiger partial charge in [-0.25, -0.2) is 0 Å². The fourth-order valence-corrected chi connectivity index (χ4v) is 1.79. The molecular weight excluding hydrogens is 181 g/mol. The minimum absolute atomic E-state index is 0. The Labute approximate surface area is 100 Å². The first-order chi connectivity index (χ1) is 5.66. The number of nitrogens with zero attached hydrogens (tertiary/aromatic N) is 3. The van der Waals surface area contributed by atoms with Gasteiger partial charge in [-0.15, -0.1) is 5.01 Å². The van der Waals surface area contributed by atoms with Crippen molar-refractivity contribution in [1.82, 2.24) is 5.01 Å². The maximum Gasteiger partial charge on any atom is 1.00 e. The van der Waals surface area contributed by atoms with E-state index < -0.39 is 0 Å². The van der Waals surface area contributed by atoms with Crippen molar-refractivity contribution in [2.45, 2.75) is 45.2 Å². The van der Waals surface area contributed by atoms with E-state index in [0.29, 0.717) is 0 Å². The zero-order valence-electron chi connectivity index (χ0n) is 8.43. The molecule has 0 radical (unpaired) electrons. The molecule has 2 unspecified atom stereocenters. The van der Waals surface area contributed by atoms with E-state index >= 15 is 0 Å². The molecule has 0 saturated carbocycles. The molecular formula is C7H14N3NaO2.